The maximum Gasteiger partial charge on any atom is 0.275 e. The minimum Gasteiger partial charge on any atom is -0.396 e. The van der Waals surface area contributed by atoms with E-state index in [0.29, 0.717) is 6.42 Å². The van der Waals surface area contributed by atoms with Crippen LogP contribution in [0.3, 0.4) is 0 Å². The number of aliphatic hydroxyl groups is 4. The summed E-state index contributed by atoms with van der Waals surface area (Å²) in [5, 5.41) is 34.2. The molecule has 0 aliphatic carbocycles. The zero-order valence-electron chi connectivity index (χ0n) is 8.65. The molecular formula is C10H22O4. The van der Waals surface area contributed by atoms with E-state index in [-0.39, 0.29) is 13.0 Å². The second kappa shape index (κ2) is 8.17. The molecule has 0 saturated carbocycles. The van der Waals surface area contributed by atoms with Gasteiger partial charge < -0.3 is 20.4 Å². The standard InChI is InChI=1S/C10H22O4/c11-9-7-5-3-1-2-4-6-8-10(12,13)14/h11-14H,1-9H2. The zero-order chi connectivity index (χ0) is 10.9. The number of aliphatic hydroxyl groups excluding tert-OH is 1. The van der Waals surface area contributed by atoms with Gasteiger partial charge in [0.05, 0.1) is 0 Å². The molecule has 0 fully saturated rings. The van der Waals surface area contributed by atoms with Gasteiger partial charge in [0.15, 0.2) is 0 Å². The van der Waals surface area contributed by atoms with E-state index in [2.05, 4.69) is 0 Å². The highest BCUT2D eigenvalue weighted by molar-refractivity contribution is 4.50. The van der Waals surface area contributed by atoms with Crippen LogP contribution in [0.15, 0.2) is 0 Å². The highest BCUT2D eigenvalue weighted by atomic mass is 16.7. The number of hydrogen-bond donors (Lipinski definition) is 4. The predicted molar refractivity (Wildman–Crippen MR) is 53.4 cm³/mol. The maximum atomic E-state index is 8.57. The average Bonchev–Trinajstić information content (AvgIpc) is 2.08. The summed E-state index contributed by atoms with van der Waals surface area (Å²) in [5.41, 5.74) is 0. The van der Waals surface area contributed by atoms with E-state index in [1.807, 2.05) is 0 Å². The van der Waals surface area contributed by atoms with Crippen molar-refractivity contribution in [2.24, 2.45) is 0 Å². The van der Waals surface area contributed by atoms with E-state index < -0.39 is 5.97 Å². The Morgan fingerprint density at radius 3 is 1.50 bits per heavy atom. The van der Waals surface area contributed by atoms with Gasteiger partial charge in [-0.25, -0.2) is 0 Å². The van der Waals surface area contributed by atoms with Crippen LogP contribution in [0.4, 0.5) is 0 Å². The van der Waals surface area contributed by atoms with E-state index in [1.165, 1.54) is 0 Å². The van der Waals surface area contributed by atoms with Crippen molar-refractivity contribution in [3.8, 4) is 0 Å². The van der Waals surface area contributed by atoms with Crippen LogP contribution in [-0.4, -0.2) is 33.0 Å². The molecule has 0 heterocycles. The largest absolute Gasteiger partial charge is 0.396 e. The number of rotatable bonds is 9. The van der Waals surface area contributed by atoms with Crippen LogP contribution < -0.4 is 0 Å². The van der Waals surface area contributed by atoms with Gasteiger partial charge in [0.25, 0.3) is 5.97 Å². The first-order valence-corrected chi connectivity index (χ1v) is 5.34. The van der Waals surface area contributed by atoms with Gasteiger partial charge in [0.2, 0.25) is 0 Å². The molecule has 0 atom stereocenters. The van der Waals surface area contributed by atoms with Crippen molar-refractivity contribution in [2.75, 3.05) is 6.61 Å². The van der Waals surface area contributed by atoms with Crippen LogP contribution in [0.2, 0.25) is 0 Å². The molecule has 4 N–H and O–H groups in total. The summed E-state index contributed by atoms with van der Waals surface area (Å²) >= 11 is 0. The van der Waals surface area contributed by atoms with Crippen molar-refractivity contribution in [3.05, 3.63) is 0 Å². The molecule has 0 aliphatic rings. The molecule has 0 amide bonds. The third-order valence-corrected chi connectivity index (χ3v) is 2.17. The van der Waals surface area contributed by atoms with Crippen LogP contribution in [-0.2, 0) is 0 Å². The van der Waals surface area contributed by atoms with E-state index in [4.69, 9.17) is 20.4 Å². The number of unbranched alkanes of at least 4 members (excludes halogenated alkanes) is 6. The molecule has 0 aromatic rings. The summed E-state index contributed by atoms with van der Waals surface area (Å²) < 4.78 is 0. The lowest BCUT2D eigenvalue weighted by molar-refractivity contribution is -0.315. The van der Waals surface area contributed by atoms with Crippen molar-refractivity contribution in [1.29, 1.82) is 0 Å². The summed E-state index contributed by atoms with van der Waals surface area (Å²) in [6.45, 7) is 0.266. The minimum absolute atomic E-state index is 0.0175. The third kappa shape index (κ3) is 11.8. The summed E-state index contributed by atoms with van der Waals surface area (Å²) in [6, 6.07) is 0. The summed E-state index contributed by atoms with van der Waals surface area (Å²) in [5.74, 6) is -2.49. The summed E-state index contributed by atoms with van der Waals surface area (Å²) in [7, 11) is 0. The van der Waals surface area contributed by atoms with Crippen molar-refractivity contribution in [1.82, 2.24) is 0 Å². The Morgan fingerprint density at radius 2 is 1.07 bits per heavy atom. The highest BCUT2D eigenvalue weighted by Crippen LogP contribution is 2.11. The second-order valence-electron chi connectivity index (χ2n) is 3.72. The molecule has 0 aliphatic heterocycles. The maximum absolute atomic E-state index is 8.57. The van der Waals surface area contributed by atoms with Gasteiger partial charge in [-0.2, -0.15) is 0 Å². The lowest BCUT2D eigenvalue weighted by Crippen LogP contribution is -2.26. The van der Waals surface area contributed by atoms with Crippen LogP contribution in [0.25, 0.3) is 0 Å². The van der Waals surface area contributed by atoms with Crippen LogP contribution in [0, 0.1) is 0 Å². The SMILES string of the molecule is OCCCCCCCCCC(O)(O)O. The van der Waals surface area contributed by atoms with Gasteiger partial charge in [0.1, 0.15) is 0 Å². The predicted octanol–water partition coefficient (Wildman–Crippen LogP) is 0.730. The Kier molecular flexibility index (Phi) is 8.08. The van der Waals surface area contributed by atoms with E-state index >= 15 is 0 Å². The Morgan fingerprint density at radius 1 is 0.643 bits per heavy atom. The van der Waals surface area contributed by atoms with Crippen molar-refractivity contribution in [3.63, 3.8) is 0 Å². The van der Waals surface area contributed by atoms with Gasteiger partial charge in [-0.05, 0) is 12.8 Å². The second-order valence-corrected chi connectivity index (χ2v) is 3.72. The first kappa shape index (κ1) is 13.8. The first-order valence-electron chi connectivity index (χ1n) is 5.34. The van der Waals surface area contributed by atoms with Gasteiger partial charge >= 0.3 is 0 Å². The normalized spacial score (nSPS) is 12.0. The van der Waals surface area contributed by atoms with Crippen molar-refractivity contribution < 1.29 is 20.4 Å². The van der Waals surface area contributed by atoms with Crippen LogP contribution in [0.5, 0.6) is 0 Å². The fourth-order valence-corrected chi connectivity index (χ4v) is 1.36. The van der Waals surface area contributed by atoms with Gasteiger partial charge in [-0.1, -0.05) is 32.1 Å². The monoisotopic (exact) mass is 206 g/mol. The fourth-order valence-electron chi connectivity index (χ4n) is 1.36. The van der Waals surface area contributed by atoms with Gasteiger partial charge in [-0.15, -0.1) is 0 Å². The Bertz CT molecular complexity index is 120. The van der Waals surface area contributed by atoms with Crippen molar-refractivity contribution >= 4 is 0 Å². The van der Waals surface area contributed by atoms with Gasteiger partial charge in [0, 0.05) is 13.0 Å². The molecule has 0 saturated heterocycles. The molecule has 4 nitrogen and oxygen atoms in total. The molecule has 0 aromatic heterocycles. The first-order chi connectivity index (χ1) is 6.56. The van der Waals surface area contributed by atoms with Gasteiger partial charge in [-0.3, -0.25) is 0 Å². The fraction of sp³-hybridized carbons (Fsp3) is 1.00. The molecule has 0 radical (unpaired) electrons. The van der Waals surface area contributed by atoms with Crippen molar-refractivity contribution in [2.45, 2.75) is 57.3 Å². The van der Waals surface area contributed by atoms with E-state index in [0.717, 1.165) is 38.5 Å². The molecule has 86 valence electrons. The molecular weight excluding hydrogens is 184 g/mol. The van der Waals surface area contributed by atoms with E-state index in [9.17, 15) is 0 Å². The lowest BCUT2D eigenvalue weighted by Gasteiger charge is -2.12. The molecule has 0 unspecified atom stereocenters. The molecule has 0 spiro atoms. The minimum atomic E-state index is -2.49. The van der Waals surface area contributed by atoms with Crippen LogP contribution in [0.1, 0.15) is 51.4 Å². The molecule has 0 aromatic carbocycles. The zero-order valence-corrected chi connectivity index (χ0v) is 8.65. The summed E-state index contributed by atoms with van der Waals surface area (Å²) in [6.07, 6.45) is 6.74. The molecule has 0 bridgehead atoms. The Labute approximate surface area is 85.2 Å². The summed E-state index contributed by atoms with van der Waals surface area (Å²) in [4.78, 5) is 0. The smallest absolute Gasteiger partial charge is 0.275 e. The highest BCUT2D eigenvalue weighted by Gasteiger charge is 2.16. The van der Waals surface area contributed by atoms with E-state index in [1.54, 1.807) is 0 Å². The Balaban J connectivity index is 2.99. The third-order valence-electron chi connectivity index (χ3n) is 2.17. The Hall–Kier alpha value is -0.160. The average molecular weight is 206 g/mol. The molecule has 4 heteroatoms. The topological polar surface area (TPSA) is 80.9 Å². The molecule has 14 heavy (non-hydrogen) atoms. The molecule has 0 rings (SSSR count). The lowest BCUT2D eigenvalue weighted by atomic mass is 10.1. The number of hydrogen-bond acceptors (Lipinski definition) is 4. The van der Waals surface area contributed by atoms with Crippen LogP contribution >= 0.6 is 0 Å². The quantitative estimate of drug-likeness (QED) is 0.331.